The first-order valence-corrected chi connectivity index (χ1v) is 23.5. The number of hydrogen-bond acceptors (Lipinski definition) is 5. The topological polar surface area (TPSA) is 43.6 Å². The third kappa shape index (κ3) is 5.71. The predicted octanol–water partition coefficient (Wildman–Crippen LogP) is 16.7. The predicted molar refractivity (Wildman–Crippen MR) is 277 cm³/mol. The van der Waals surface area contributed by atoms with Gasteiger partial charge in [-0.3, -0.25) is 0 Å². The van der Waals surface area contributed by atoms with Gasteiger partial charge in [-0.1, -0.05) is 146 Å². The molecule has 4 aromatic heterocycles. The number of nitrogens with zero attached hydrogens (tertiary/aromatic N) is 4. The van der Waals surface area contributed by atoms with Gasteiger partial charge in [0.05, 0.1) is 11.0 Å². The van der Waals surface area contributed by atoms with Crippen LogP contribution >= 0.6 is 22.7 Å². The van der Waals surface area contributed by atoms with Crippen LogP contribution in [0.3, 0.4) is 0 Å². The van der Waals surface area contributed by atoms with Crippen LogP contribution in [0.4, 0.5) is 0 Å². The van der Waals surface area contributed by atoms with E-state index >= 15 is 0 Å². The van der Waals surface area contributed by atoms with Crippen LogP contribution in [0.2, 0.25) is 0 Å². The summed E-state index contributed by atoms with van der Waals surface area (Å²) in [5.74, 6) is 1.90. The fourth-order valence-corrected chi connectivity index (χ4v) is 12.3. The average molecular weight is 863 g/mol. The Kier molecular flexibility index (Phi) is 7.99. The number of benzene rings is 10. The second kappa shape index (κ2) is 14.2. The van der Waals surface area contributed by atoms with Gasteiger partial charge in [0.1, 0.15) is 0 Å². The van der Waals surface area contributed by atoms with Crippen molar-refractivity contribution in [1.29, 1.82) is 0 Å². The molecule has 0 saturated carbocycles. The number of aromatic nitrogens is 4. The van der Waals surface area contributed by atoms with Crippen LogP contribution in [-0.2, 0) is 0 Å². The monoisotopic (exact) mass is 862 g/mol. The summed E-state index contributed by atoms with van der Waals surface area (Å²) in [6.07, 6.45) is 0. The van der Waals surface area contributed by atoms with Crippen molar-refractivity contribution >= 4 is 106 Å². The smallest absolute Gasteiger partial charge is 0.164 e. The minimum atomic E-state index is 0.626. The van der Waals surface area contributed by atoms with Crippen LogP contribution in [0.15, 0.2) is 206 Å². The third-order valence-corrected chi connectivity index (χ3v) is 15.3. The zero-order chi connectivity index (χ0) is 42.6. The van der Waals surface area contributed by atoms with Crippen molar-refractivity contribution in [2.45, 2.75) is 0 Å². The van der Waals surface area contributed by atoms with E-state index in [1.807, 2.05) is 29.5 Å². The molecule has 302 valence electrons. The lowest BCUT2D eigenvalue weighted by molar-refractivity contribution is 1.07. The molecule has 0 atom stereocenters. The van der Waals surface area contributed by atoms with Crippen molar-refractivity contribution in [2.75, 3.05) is 0 Å². The molecule has 4 heterocycles. The Morgan fingerprint density at radius 2 is 0.969 bits per heavy atom. The van der Waals surface area contributed by atoms with Crippen molar-refractivity contribution in [3.8, 4) is 51.0 Å². The summed E-state index contributed by atoms with van der Waals surface area (Å²) in [7, 11) is 0. The third-order valence-electron chi connectivity index (χ3n) is 13.0. The van der Waals surface area contributed by atoms with Gasteiger partial charge in [0.15, 0.2) is 17.5 Å². The van der Waals surface area contributed by atoms with E-state index in [4.69, 9.17) is 15.0 Å². The fraction of sp³-hybridized carbons (Fsp3) is 0. The highest BCUT2D eigenvalue weighted by molar-refractivity contribution is 7.26. The van der Waals surface area contributed by atoms with Crippen LogP contribution in [0.5, 0.6) is 0 Å². The lowest BCUT2D eigenvalue weighted by atomic mass is 9.93. The summed E-state index contributed by atoms with van der Waals surface area (Å²) in [5, 5.41) is 12.4. The molecule has 0 aliphatic carbocycles. The maximum absolute atomic E-state index is 5.43. The summed E-state index contributed by atoms with van der Waals surface area (Å²) in [4.78, 5) is 16.0. The first-order valence-electron chi connectivity index (χ1n) is 21.8. The number of rotatable bonds is 5. The highest BCUT2D eigenvalue weighted by Crippen LogP contribution is 2.47. The van der Waals surface area contributed by atoms with Gasteiger partial charge in [0.2, 0.25) is 0 Å². The van der Waals surface area contributed by atoms with Crippen molar-refractivity contribution in [2.24, 2.45) is 0 Å². The zero-order valence-electron chi connectivity index (χ0n) is 34.7. The van der Waals surface area contributed by atoms with Crippen LogP contribution < -0.4 is 0 Å². The lowest BCUT2D eigenvalue weighted by Gasteiger charge is -2.16. The van der Waals surface area contributed by atoms with E-state index in [-0.39, 0.29) is 0 Å². The van der Waals surface area contributed by atoms with E-state index in [0.717, 1.165) is 39.0 Å². The normalized spacial score (nSPS) is 12.0. The first kappa shape index (κ1) is 36.5. The molecule has 14 rings (SSSR count). The second-order valence-corrected chi connectivity index (χ2v) is 18.9. The van der Waals surface area contributed by atoms with Crippen LogP contribution in [0.1, 0.15) is 0 Å². The molecule has 0 bridgehead atoms. The quantitative estimate of drug-likeness (QED) is 0.173. The van der Waals surface area contributed by atoms with Crippen LogP contribution in [0, 0.1) is 0 Å². The fourth-order valence-electron chi connectivity index (χ4n) is 10.0. The Morgan fingerprint density at radius 1 is 0.308 bits per heavy atom. The van der Waals surface area contributed by atoms with Gasteiger partial charge in [-0.25, -0.2) is 15.0 Å². The summed E-state index contributed by atoms with van der Waals surface area (Å²) in [5.41, 5.74) is 8.43. The number of fused-ring (bicyclic) bond motifs is 12. The summed E-state index contributed by atoms with van der Waals surface area (Å²) >= 11 is 3.65. The Labute approximate surface area is 381 Å². The van der Waals surface area contributed by atoms with E-state index in [1.165, 1.54) is 78.2 Å². The van der Waals surface area contributed by atoms with Crippen molar-refractivity contribution < 1.29 is 0 Å². The molecule has 65 heavy (non-hydrogen) atoms. The van der Waals surface area contributed by atoms with Crippen LogP contribution in [-0.4, -0.2) is 19.5 Å². The standard InChI is InChI=1S/C59H34N4S2/c1-2-14-36(15-3-1)57-60-58(39-25-28-44-43-20-9-11-23-51(43)64-54(44)33-39)62-59(61-57)46-29-27-40(63-49-22-10-8-19-42(49)48-31-37-16-4-5-17-38(37)32-50(48)63)34-47(46)45-21-12-24-52-56(45)55-41-18-7-6-13-35(41)26-30-53(55)65-52/h1-34H. The van der Waals surface area contributed by atoms with Crippen molar-refractivity contribution in [3.05, 3.63) is 206 Å². The van der Waals surface area contributed by atoms with Crippen LogP contribution in [0.25, 0.3) is 135 Å². The Hall–Kier alpha value is -8.03. The molecule has 0 fully saturated rings. The Bertz CT molecular complexity index is 4250. The molecular formula is C59H34N4S2. The molecule has 14 aromatic rings. The molecule has 10 aromatic carbocycles. The number of hydrogen-bond donors (Lipinski definition) is 0. The van der Waals surface area contributed by atoms with Gasteiger partial charge >= 0.3 is 0 Å². The maximum Gasteiger partial charge on any atom is 0.164 e. The summed E-state index contributed by atoms with van der Waals surface area (Å²) in [6.45, 7) is 0. The summed E-state index contributed by atoms with van der Waals surface area (Å²) < 4.78 is 7.42. The van der Waals surface area contributed by atoms with Gasteiger partial charge in [0, 0.05) is 73.5 Å². The van der Waals surface area contributed by atoms with E-state index in [0.29, 0.717) is 17.5 Å². The van der Waals surface area contributed by atoms with E-state index in [2.05, 4.69) is 193 Å². The highest BCUT2D eigenvalue weighted by atomic mass is 32.1. The van der Waals surface area contributed by atoms with E-state index in [9.17, 15) is 0 Å². The Balaban J connectivity index is 1.07. The van der Waals surface area contributed by atoms with Gasteiger partial charge in [-0.05, 0) is 93.3 Å². The molecule has 0 radical (unpaired) electrons. The molecule has 0 aliphatic rings. The largest absolute Gasteiger partial charge is 0.309 e. The van der Waals surface area contributed by atoms with E-state index < -0.39 is 0 Å². The second-order valence-electron chi connectivity index (χ2n) is 16.7. The number of thiophene rings is 2. The van der Waals surface area contributed by atoms with Crippen molar-refractivity contribution in [3.63, 3.8) is 0 Å². The molecule has 0 saturated heterocycles. The lowest BCUT2D eigenvalue weighted by Crippen LogP contribution is -2.02. The SMILES string of the molecule is c1ccc(-c2nc(-c3ccc4c(c3)sc3ccccc34)nc(-c3ccc(-n4c5ccccc5c5cc6ccccc6cc54)cc3-c3cccc4sc5ccc6ccccc6c5c34)n2)cc1. The van der Waals surface area contributed by atoms with E-state index in [1.54, 1.807) is 11.3 Å². The highest BCUT2D eigenvalue weighted by Gasteiger charge is 2.22. The van der Waals surface area contributed by atoms with Gasteiger partial charge < -0.3 is 4.57 Å². The molecule has 0 N–H and O–H groups in total. The molecular weight excluding hydrogens is 829 g/mol. The Morgan fingerprint density at radius 3 is 1.85 bits per heavy atom. The molecule has 6 heteroatoms. The van der Waals surface area contributed by atoms with Gasteiger partial charge in [-0.2, -0.15) is 0 Å². The minimum Gasteiger partial charge on any atom is -0.309 e. The molecule has 0 unspecified atom stereocenters. The zero-order valence-corrected chi connectivity index (χ0v) is 36.4. The molecule has 0 amide bonds. The maximum atomic E-state index is 5.43. The molecule has 0 aliphatic heterocycles. The number of para-hydroxylation sites is 1. The van der Waals surface area contributed by atoms with Gasteiger partial charge in [0.25, 0.3) is 0 Å². The molecule has 0 spiro atoms. The summed E-state index contributed by atoms with van der Waals surface area (Å²) in [6, 6.07) is 74.5. The average Bonchev–Trinajstić information content (AvgIpc) is 4.05. The van der Waals surface area contributed by atoms with Gasteiger partial charge in [-0.15, -0.1) is 22.7 Å². The minimum absolute atomic E-state index is 0.626. The first-order chi connectivity index (χ1) is 32.2. The van der Waals surface area contributed by atoms with Crippen molar-refractivity contribution in [1.82, 2.24) is 19.5 Å². The molecule has 4 nitrogen and oxygen atoms in total.